The van der Waals surface area contributed by atoms with Gasteiger partial charge < -0.3 is 45.3 Å². The molecule has 14 heteroatoms. The van der Waals surface area contributed by atoms with Gasteiger partial charge in [0.25, 0.3) is 0 Å². The maximum absolute atomic E-state index is 13.9. The molecule has 50 heavy (non-hydrogen) atoms. The number of aryl methyl sites for hydroxylation is 1. The van der Waals surface area contributed by atoms with Gasteiger partial charge >= 0.3 is 0 Å². The number of nitrogens with two attached hydrogens (primary N) is 1. The highest BCUT2D eigenvalue weighted by Gasteiger charge is 2.44. The second-order valence-corrected chi connectivity index (χ2v) is 15.2. The molecule has 1 saturated heterocycles. The summed E-state index contributed by atoms with van der Waals surface area (Å²) in [4.78, 5) is 47.2. The number of amides is 3. The van der Waals surface area contributed by atoms with Crippen LogP contribution in [0.5, 0.6) is 0 Å². The molecule has 2 aromatic rings. The normalized spacial score (nSPS) is 19.2. The van der Waals surface area contributed by atoms with E-state index >= 15 is 0 Å². The summed E-state index contributed by atoms with van der Waals surface area (Å²) >= 11 is 1.58. The van der Waals surface area contributed by atoms with Gasteiger partial charge in [-0.05, 0) is 36.3 Å². The van der Waals surface area contributed by atoms with Gasteiger partial charge in [0.05, 0.1) is 68.4 Å². The number of thiazole rings is 1. The maximum Gasteiger partial charge on any atom is 0.246 e. The van der Waals surface area contributed by atoms with Gasteiger partial charge in [0, 0.05) is 31.5 Å². The summed E-state index contributed by atoms with van der Waals surface area (Å²) < 4.78 is 22.5. The summed E-state index contributed by atoms with van der Waals surface area (Å²) in [7, 11) is 0. The third-order valence-electron chi connectivity index (χ3n) is 9.18. The van der Waals surface area contributed by atoms with Crippen LogP contribution in [0.3, 0.4) is 0 Å². The van der Waals surface area contributed by atoms with Crippen LogP contribution in [0.2, 0.25) is 0 Å². The van der Waals surface area contributed by atoms with Crippen LogP contribution in [0.25, 0.3) is 10.4 Å². The number of hydrogen-bond acceptors (Lipinski definition) is 11. The summed E-state index contributed by atoms with van der Waals surface area (Å²) in [5, 5.41) is 16.3. The second kappa shape index (κ2) is 19.0. The molecular formula is C36H55N5O8S. The number of likely N-dealkylation sites (tertiary alicyclic amines) is 1. The molecule has 1 aliphatic heterocycles. The minimum absolute atomic E-state index is 0.00832. The summed E-state index contributed by atoms with van der Waals surface area (Å²) in [5.74, 6) is -1.18. The van der Waals surface area contributed by atoms with E-state index in [4.69, 9.17) is 24.7 Å². The Labute approximate surface area is 299 Å². The molecule has 1 aliphatic carbocycles. The van der Waals surface area contributed by atoms with E-state index in [1.54, 1.807) is 11.3 Å². The largest absolute Gasteiger partial charge is 0.391 e. The zero-order chi connectivity index (χ0) is 36.1. The fraction of sp³-hybridized carbons (Fsp3) is 0.667. The molecule has 2 heterocycles. The lowest BCUT2D eigenvalue weighted by Crippen LogP contribution is -2.58. The van der Waals surface area contributed by atoms with Crippen molar-refractivity contribution in [1.29, 1.82) is 0 Å². The number of aliphatic hydroxyl groups excluding tert-OH is 1. The number of ether oxygens (including phenoxy) is 4. The van der Waals surface area contributed by atoms with Gasteiger partial charge in [0.2, 0.25) is 17.7 Å². The van der Waals surface area contributed by atoms with Gasteiger partial charge in [-0.15, -0.1) is 11.3 Å². The quantitative estimate of drug-likeness (QED) is 0.149. The summed E-state index contributed by atoms with van der Waals surface area (Å²) in [6.45, 7) is 11.4. The number of nitrogens with zero attached hydrogens (tertiary/aromatic N) is 2. The highest BCUT2D eigenvalue weighted by atomic mass is 32.1. The van der Waals surface area contributed by atoms with Gasteiger partial charge in [-0.1, -0.05) is 51.5 Å². The van der Waals surface area contributed by atoms with Crippen molar-refractivity contribution in [1.82, 2.24) is 20.5 Å². The van der Waals surface area contributed by atoms with E-state index in [9.17, 15) is 19.5 Å². The molecule has 1 aromatic carbocycles. The molecule has 2 aliphatic rings. The Hall–Kier alpha value is -2.98. The number of aliphatic hydroxyl groups is 1. The van der Waals surface area contributed by atoms with E-state index in [0.29, 0.717) is 52.8 Å². The van der Waals surface area contributed by atoms with Crippen molar-refractivity contribution in [3.05, 3.63) is 41.0 Å². The van der Waals surface area contributed by atoms with Crippen LogP contribution in [0.15, 0.2) is 29.8 Å². The molecule has 4 rings (SSSR count). The highest BCUT2D eigenvalue weighted by Crippen LogP contribution is 2.41. The molecule has 0 bridgehead atoms. The molecule has 13 nitrogen and oxygen atoms in total. The fourth-order valence-corrected chi connectivity index (χ4v) is 6.97. The Morgan fingerprint density at radius 3 is 2.30 bits per heavy atom. The van der Waals surface area contributed by atoms with Crippen molar-refractivity contribution >= 4 is 29.1 Å². The van der Waals surface area contributed by atoms with Crippen molar-refractivity contribution in [3.63, 3.8) is 0 Å². The summed E-state index contributed by atoms with van der Waals surface area (Å²) in [6, 6.07) is 6.12. The van der Waals surface area contributed by atoms with Gasteiger partial charge in [0.15, 0.2) is 0 Å². The first kappa shape index (κ1) is 39.8. The Kier molecular flexibility index (Phi) is 15.1. The van der Waals surface area contributed by atoms with Crippen LogP contribution in [0.4, 0.5) is 0 Å². The number of rotatable bonds is 20. The first-order chi connectivity index (χ1) is 23.9. The van der Waals surface area contributed by atoms with Crippen LogP contribution in [-0.4, -0.2) is 117 Å². The number of aromatic nitrogens is 1. The SMILES string of the molecule is Cc1ncsc1-c1ccc(CNC(=O)[C@@H]2C[C@@H](O)CN2C(=O)[C@@H](NC(=O)COCC2(COCCOCCOCCN)CCC2)C(C)(C)C)cc1. The molecule has 3 atom stereocenters. The third kappa shape index (κ3) is 11.5. The van der Waals surface area contributed by atoms with Crippen molar-refractivity contribution in [2.45, 2.75) is 78.1 Å². The maximum atomic E-state index is 13.9. The van der Waals surface area contributed by atoms with E-state index in [1.807, 2.05) is 57.5 Å². The van der Waals surface area contributed by atoms with Crippen LogP contribution in [0.1, 0.15) is 57.7 Å². The number of nitrogens with one attached hydrogen (secondary N) is 2. The molecule has 0 radical (unpaired) electrons. The fourth-order valence-electron chi connectivity index (χ4n) is 6.16. The number of β-amino-alcohol motifs (C(OH)–C–C–N with tert-alkyl or cyclic N) is 1. The zero-order valence-corrected chi connectivity index (χ0v) is 30.7. The predicted molar refractivity (Wildman–Crippen MR) is 190 cm³/mol. The highest BCUT2D eigenvalue weighted by molar-refractivity contribution is 7.13. The number of hydrogen-bond donors (Lipinski definition) is 4. The lowest BCUT2D eigenvalue weighted by molar-refractivity contribution is -0.145. The van der Waals surface area contributed by atoms with Crippen LogP contribution in [-0.2, 0) is 39.9 Å². The van der Waals surface area contributed by atoms with E-state index in [-0.39, 0.29) is 37.4 Å². The van der Waals surface area contributed by atoms with Crippen molar-refractivity contribution in [2.24, 2.45) is 16.6 Å². The molecule has 3 amide bonds. The molecular weight excluding hydrogens is 662 g/mol. The van der Waals surface area contributed by atoms with Crippen LogP contribution >= 0.6 is 11.3 Å². The molecule has 1 aromatic heterocycles. The minimum Gasteiger partial charge on any atom is -0.391 e. The lowest BCUT2D eigenvalue weighted by atomic mass is 9.70. The number of carbonyl (C=O) groups excluding carboxylic acids is 3. The molecule has 1 saturated carbocycles. The van der Waals surface area contributed by atoms with Gasteiger partial charge in [-0.2, -0.15) is 0 Å². The second-order valence-electron chi connectivity index (χ2n) is 14.4. The third-order valence-corrected chi connectivity index (χ3v) is 10.2. The monoisotopic (exact) mass is 717 g/mol. The minimum atomic E-state index is -0.927. The Morgan fingerprint density at radius 2 is 1.70 bits per heavy atom. The van der Waals surface area contributed by atoms with Gasteiger partial charge in [-0.25, -0.2) is 4.98 Å². The average Bonchev–Trinajstić information content (AvgIpc) is 3.68. The van der Waals surface area contributed by atoms with E-state index < -0.39 is 35.4 Å². The number of benzene rings is 1. The van der Waals surface area contributed by atoms with Gasteiger partial charge in [0.1, 0.15) is 18.7 Å². The average molecular weight is 718 g/mol. The van der Waals surface area contributed by atoms with E-state index in [2.05, 4.69) is 15.6 Å². The number of carbonyl (C=O) groups is 3. The van der Waals surface area contributed by atoms with Crippen LogP contribution in [0, 0.1) is 17.8 Å². The predicted octanol–water partition coefficient (Wildman–Crippen LogP) is 2.42. The summed E-state index contributed by atoms with van der Waals surface area (Å²) in [5.41, 5.74) is 9.35. The standard InChI is InChI=1S/C36H55N5O8S/c1-25-31(50-24-39-25)27-8-6-26(7-9-27)19-38-33(44)29-18-28(42)20-41(29)34(45)32(35(2,3)4)40-30(43)21-49-23-36(10-5-11-36)22-48-17-16-47-15-14-46-13-12-37/h6-9,24,28-29,32,42H,5,10-23,37H2,1-4H3,(H,38,44)(H,40,43)/t28-,29+,32-/m1/s1. The smallest absolute Gasteiger partial charge is 0.246 e. The first-order valence-electron chi connectivity index (χ1n) is 17.5. The Morgan fingerprint density at radius 1 is 1.04 bits per heavy atom. The molecule has 0 unspecified atom stereocenters. The summed E-state index contributed by atoms with van der Waals surface area (Å²) in [6.07, 6.45) is 2.24. The zero-order valence-electron chi connectivity index (χ0n) is 29.9. The topological polar surface area (TPSA) is 175 Å². The molecule has 0 spiro atoms. The van der Waals surface area contributed by atoms with Crippen molar-refractivity contribution < 1.29 is 38.4 Å². The molecule has 278 valence electrons. The van der Waals surface area contributed by atoms with E-state index in [0.717, 1.165) is 41.0 Å². The Bertz CT molecular complexity index is 1380. The Balaban J connectivity index is 1.24. The lowest BCUT2D eigenvalue weighted by Gasteiger charge is -2.41. The first-order valence-corrected chi connectivity index (χ1v) is 18.4. The molecule has 2 fully saturated rings. The van der Waals surface area contributed by atoms with E-state index in [1.165, 1.54) is 4.90 Å². The van der Waals surface area contributed by atoms with Crippen molar-refractivity contribution in [3.8, 4) is 10.4 Å². The van der Waals surface area contributed by atoms with Gasteiger partial charge in [-0.3, -0.25) is 14.4 Å². The molecule has 5 N–H and O–H groups in total. The van der Waals surface area contributed by atoms with Crippen molar-refractivity contribution in [2.75, 3.05) is 65.9 Å². The van der Waals surface area contributed by atoms with Crippen LogP contribution < -0.4 is 16.4 Å².